The summed E-state index contributed by atoms with van der Waals surface area (Å²) in [6.45, 7) is 10.7. The lowest BCUT2D eigenvalue weighted by atomic mass is 9.83. The zero-order chi connectivity index (χ0) is 17.7. The molecule has 2 aromatic carbocycles. The van der Waals surface area contributed by atoms with Crippen LogP contribution in [-0.4, -0.2) is 5.97 Å². The zero-order valence-corrected chi connectivity index (χ0v) is 15.4. The first kappa shape index (κ1) is 18.3. The number of benzene rings is 2. The van der Waals surface area contributed by atoms with Crippen molar-refractivity contribution in [3.8, 4) is 5.75 Å². The molecule has 2 aromatic rings. The Morgan fingerprint density at radius 1 is 1.08 bits per heavy atom. The van der Waals surface area contributed by atoms with Gasteiger partial charge in [-0.2, -0.15) is 0 Å². The zero-order valence-electron chi connectivity index (χ0n) is 15.4. The van der Waals surface area contributed by atoms with Crippen molar-refractivity contribution in [2.75, 3.05) is 0 Å². The third kappa shape index (κ3) is 4.47. The highest BCUT2D eigenvalue weighted by Crippen LogP contribution is 2.35. The maximum atomic E-state index is 12.0. The Bertz CT molecular complexity index is 681. The van der Waals surface area contributed by atoms with Gasteiger partial charge in [-0.25, -0.2) is 0 Å². The molecule has 0 aliphatic rings. The Morgan fingerprint density at radius 3 is 2.33 bits per heavy atom. The Labute approximate surface area is 145 Å². The summed E-state index contributed by atoms with van der Waals surface area (Å²) < 4.78 is 5.66. The van der Waals surface area contributed by atoms with Gasteiger partial charge in [0.15, 0.2) is 0 Å². The molecule has 0 amide bonds. The van der Waals surface area contributed by atoms with Crippen molar-refractivity contribution < 1.29 is 9.53 Å². The fraction of sp³-hybridized carbons (Fsp3) is 0.409. The summed E-state index contributed by atoms with van der Waals surface area (Å²) in [4.78, 5) is 12.0. The van der Waals surface area contributed by atoms with Gasteiger partial charge < -0.3 is 4.74 Å². The summed E-state index contributed by atoms with van der Waals surface area (Å²) in [6.07, 6.45) is 1.24. The molecule has 0 saturated heterocycles. The third-order valence-corrected chi connectivity index (χ3v) is 4.32. The molecule has 0 spiro atoms. The monoisotopic (exact) mass is 324 g/mol. The van der Waals surface area contributed by atoms with Crippen molar-refractivity contribution in [1.82, 2.24) is 0 Å². The van der Waals surface area contributed by atoms with Crippen LogP contribution >= 0.6 is 0 Å². The Balaban J connectivity index is 2.45. The number of carbonyl (C=O) groups is 1. The van der Waals surface area contributed by atoms with Crippen LogP contribution in [0.15, 0.2) is 48.5 Å². The minimum atomic E-state index is -0.164. The van der Waals surface area contributed by atoms with Crippen molar-refractivity contribution in [2.24, 2.45) is 0 Å². The van der Waals surface area contributed by atoms with Crippen LogP contribution in [0.3, 0.4) is 0 Å². The first-order valence-corrected chi connectivity index (χ1v) is 8.73. The van der Waals surface area contributed by atoms with Crippen molar-refractivity contribution in [3.63, 3.8) is 0 Å². The molecule has 0 aliphatic carbocycles. The highest BCUT2D eigenvalue weighted by molar-refractivity contribution is 5.73. The quantitative estimate of drug-likeness (QED) is 0.510. The van der Waals surface area contributed by atoms with Gasteiger partial charge >= 0.3 is 5.97 Å². The van der Waals surface area contributed by atoms with E-state index in [-0.39, 0.29) is 17.3 Å². The summed E-state index contributed by atoms with van der Waals surface area (Å²) in [6, 6.07) is 16.5. The molecule has 128 valence electrons. The van der Waals surface area contributed by atoms with Crippen molar-refractivity contribution in [1.29, 1.82) is 0 Å². The summed E-state index contributed by atoms with van der Waals surface area (Å²) >= 11 is 0. The molecule has 0 aliphatic heterocycles. The first-order chi connectivity index (χ1) is 11.3. The van der Waals surface area contributed by atoms with Gasteiger partial charge in [0.25, 0.3) is 0 Å². The second-order valence-electron chi connectivity index (χ2n) is 7.36. The van der Waals surface area contributed by atoms with Crippen LogP contribution in [0.2, 0.25) is 0 Å². The highest BCUT2D eigenvalue weighted by Gasteiger charge is 2.21. The van der Waals surface area contributed by atoms with Crippen molar-refractivity contribution in [3.05, 3.63) is 65.2 Å². The molecule has 2 nitrogen and oxygen atoms in total. The van der Waals surface area contributed by atoms with E-state index in [9.17, 15) is 4.79 Å². The number of carbonyl (C=O) groups excluding carboxylic acids is 1. The summed E-state index contributed by atoms with van der Waals surface area (Å²) in [5.41, 5.74) is 3.59. The van der Waals surface area contributed by atoms with Crippen LogP contribution in [0.1, 0.15) is 70.1 Å². The average molecular weight is 324 g/mol. The Morgan fingerprint density at radius 2 is 1.75 bits per heavy atom. The van der Waals surface area contributed by atoms with Gasteiger partial charge in [-0.1, -0.05) is 77.1 Å². The molecule has 0 saturated carbocycles. The highest BCUT2D eigenvalue weighted by atomic mass is 16.5. The molecule has 0 aromatic heterocycles. The largest absolute Gasteiger partial charge is 0.426 e. The van der Waals surface area contributed by atoms with Crippen LogP contribution in [-0.2, 0) is 10.2 Å². The molecule has 2 heteroatoms. The SMILES string of the molecule is CCCC(=O)Oc1ccc(C(C)(C)C)cc1[C@@H](C)c1ccccc1. The summed E-state index contributed by atoms with van der Waals surface area (Å²) in [5, 5.41) is 0. The molecular formula is C22H28O2. The summed E-state index contributed by atoms with van der Waals surface area (Å²) in [5.74, 6) is 0.679. The lowest BCUT2D eigenvalue weighted by molar-refractivity contribution is -0.134. The van der Waals surface area contributed by atoms with E-state index in [0.29, 0.717) is 12.2 Å². The van der Waals surface area contributed by atoms with E-state index in [1.54, 1.807) is 0 Å². The number of hydrogen-bond acceptors (Lipinski definition) is 2. The van der Waals surface area contributed by atoms with E-state index in [2.05, 4.69) is 52.0 Å². The fourth-order valence-electron chi connectivity index (χ4n) is 2.75. The molecule has 0 bridgehead atoms. The van der Waals surface area contributed by atoms with Crippen molar-refractivity contribution >= 4 is 5.97 Å². The van der Waals surface area contributed by atoms with E-state index in [4.69, 9.17) is 4.74 Å². The van der Waals surface area contributed by atoms with E-state index in [0.717, 1.165) is 12.0 Å². The number of rotatable bonds is 5. The van der Waals surface area contributed by atoms with Gasteiger partial charge in [-0.3, -0.25) is 4.79 Å². The second-order valence-corrected chi connectivity index (χ2v) is 7.36. The molecule has 2 rings (SSSR count). The normalized spacial score (nSPS) is 12.7. The van der Waals surface area contributed by atoms with Gasteiger partial charge in [0.05, 0.1) is 0 Å². The van der Waals surface area contributed by atoms with Gasteiger partial charge in [-0.15, -0.1) is 0 Å². The van der Waals surface area contributed by atoms with E-state index in [1.807, 2.05) is 31.2 Å². The van der Waals surface area contributed by atoms with Crippen molar-refractivity contribution in [2.45, 2.75) is 58.8 Å². The number of esters is 1. The third-order valence-electron chi connectivity index (χ3n) is 4.32. The van der Waals surface area contributed by atoms with Crippen LogP contribution in [0.5, 0.6) is 5.75 Å². The molecule has 0 N–H and O–H groups in total. The smallest absolute Gasteiger partial charge is 0.311 e. The summed E-state index contributed by atoms with van der Waals surface area (Å²) in [7, 11) is 0. The van der Waals surface area contributed by atoms with E-state index < -0.39 is 0 Å². The molecule has 0 fully saturated rings. The van der Waals surface area contributed by atoms with Gasteiger partial charge in [-0.05, 0) is 29.0 Å². The predicted octanol–water partition coefficient (Wildman–Crippen LogP) is 5.84. The lowest BCUT2D eigenvalue weighted by Gasteiger charge is -2.23. The Hall–Kier alpha value is -2.09. The van der Waals surface area contributed by atoms with Crippen LogP contribution in [0, 0.1) is 0 Å². The minimum absolute atomic E-state index is 0.0527. The average Bonchev–Trinajstić information content (AvgIpc) is 2.54. The van der Waals surface area contributed by atoms with Gasteiger partial charge in [0.1, 0.15) is 5.75 Å². The van der Waals surface area contributed by atoms with Gasteiger partial charge in [0, 0.05) is 17.9 Å². The maximum Gasteiger partial charge on any atom is 0.311 e. The number of ether oxygens (including phenoxy) is 1. The van der Waals surface area contributed by atoms with Gasteiger partial charge in [0.2, 0.25) is 0 Å². The molecular weight excluding hydrogens is 296 g/mol. The number of hydrogen-bond donors (Lipinski definition) is 0. The topological polar surface area (TPSA) is 26.3 Å². The molecule has 0 unspecified atom stereocenters. The first-order valence-electron chi connectivity index (χ1n) is 8.73. The van der Waals surface area contributed by atoms with E-state index in [1.165, 1.54) is 11.1 Å². The minimum Gasteiger partial charge on any atom is -0.426 e. The fourth-order valence-corrected chi connectivity index (χ4v) is 2.75. The Kier molecular flexibility index (Phi) is 5.82. The molecule has 1 atom stereocenters. The predicted molar refractivity (Wildman–Crippen MR) is 99.6 cm³/mol. The maximum absolute atomic E-state index is 12.0. The van der Waals surface area contributed by atoms with Crippen LogP contribution < -0.4 is 4.74 Å². The molecule has 24 heavy (non-hydrogen) atoms. The second kappa shape index (κ2) is 7.65. The molecule has 0 heterocycles. The van der Waals surface area contributed by atoms with Crippen LogP contribution in [0.4, 0.5) is 0 Å². The van der Waals surface area contributed by atoms with Crippen LogP contribution in [0.25, 0.3) is 0 Å². The standard InChI is InChI=1S/C22H28O2/c1-6-10-21(23)24-20-14-13-18(22(3,4)5)15-19(20)16(2)17-11-8-7-9-12-17/h7-9,11-16H,6,10H2,1-5H3/t16-/m0/s1. The lowest BCUT2D eigenvalue weighted by Crippen LogP contribution is -2.14. The van der Waals surface area contributed by atoms with E-state index >= 15 is 0 Å². The molecule has 0 radical (unpaired) electrons.